The Bertz CT molecular complexity index is 382. The van der Waals surface area contributed by atoms with Gasteiger partial charge in [-0.3, -0.25) is 0 Å². The first-order chi connectivity index (χ1) is 7.97. The van der Waals surface area contributed by atoms with E-state index in [-0.39, 0.29) is 23.9 Å². The smallest absolute Gasteiger partial charge is 0.319 e. The summed E-state index contributed by atoms with van der Waals surface area (Å²) in [5.41, 5.74) is 6.05. The quantitative estimate of drug-likeness (QED) is 0.753. The van der Waals surface area contributed by atoms with Crippen molar-refractivity contribution in [3.05, 3.63) is 30.1 Å². The Morgan fingerprint density at radius 1 is 1.47 bits per heavy atom. The van der Waals surface area contributed by atoms with Crippen LogP contribution in [0, 0.1) is 5.82 Å². The standard InChI is InChI=1S/C12H18FN3O/c1-8(14)6-9(2)15-12(17)16-11-5-3-4-10(13)7-11/h3-5,7-9H,6,14H2,1-2H3,(H2,15,16,17). The third-order valence-electron chi connectivity index (χ3n) is 2.19. The van der Waals surface area contributed by atoms with Crippen LogP contribution in [-0.2, 0) is 0 Å². The van der Waals surface area contributed by atoms with Crippen LogP contribution in [0.5, 0.6) is 0 Å². The third-order valence-corrected chi connectivity index (χ3v) is 2.19. The molecule has 0 heterocycles. The summed E-state index contributed by atoms with van der Waals surface area (Å²) in [7, 11) is 0. The first-order valence-corrected chi connectivity index (χ1v) is 5.56. The zero-order valence-electron chi connectivity index (χ0n) is 10.0. The molecule has 0 radical (unpaired) electrons. The molecule has 17 heavy (non-hydrogen) atoms. The van der Waals surface area contributed by atoms with Gasteiger partial charge in [-0.2, -0.15) is 0 Å². The second kappa shape index (κ2) is 6.20. The van der Waals surface area contributed by atoms with E-state index in [1.165, 1.54) is 18.2 Å². The number of rotatable bonds is 4. The zero-order valence-corrected chi connectivity index (χ0v) is 10.0. The van der Waals surface area contributed by atoms with E-state index in [1.54, 1.807) is 6.07 Å². The van der Waals surface area contributed by atoms with Gasteiger partial charge in [0.2, 0.25) is 0 Å². The molecule has 1 aromatic rings. The van der Waals surface area contributed by atoms with Crippen molar-refractivity contribution in [2.75, 3.05) is 5.32 Å². The number of nitrogens with one attached hydrogen (secondary N) is 2. The Hall–Kier alpha value is -1.62. The summed E-state index contributed by atoms with van der Waals surface area (Å²) in [4.78, 5) is 11.5. The Labute approximate surface area is 100 Å². The summed E-state index contributed by atoms with van der Waals surface area (Å²) in [5, 5.41) is 5.28. The van der Waals surface area contributed by atoms with E-state index >= 15 is 0 Å². The van der Waals surface area contributed by atoms with E-state index in [1.807, 2.05) is 13.8 Å². The van der Waals surface area contributed by atoms with Gasteiger partial charge in [-0.25, -0.2) is 9.18 Å². The summed E-state index contributed by atoms with van der Waals surface area (Å²) in [6.45, 7) is 3.75. The number of hydrogen-bond acceptors (Lipinski definition) is 2. The molecule has 0 bridgehead atoms. The fourth-order valence-electron chi connectivity index (χ4n) is 1.57. The lowest BCUT2D eigenvalue weighted by Crippen LogP contribution is -2.39. The molecule has 0 aromatic heterocycles. The Morgan fingerprint density at radius 3 is 2.76 bits per heavy atom. The van der Waals surface area contributed by atoms with Crippen molar-refractivity contribution in [2.45, 2.75) is 32.4 Å². The van der Waals surface area contributed by atoms with Gasteiger partial charge >= 0.3 is 6.03 Å². The molecule has 0 fully saturated rings. The summed E-state index contributed by atoms with van der Waals surface area (Å²) in [5.74, 6) is -0.383. The van der Waals surface area contributed by atoms with Crippen molar-refractivity contribution in [1.29, 1.82) is 0 Å². The van der Waals surface area contributed by atoms with Gasteiger partial charge in [0.25, 0.3) is 0 Å². The lowest BCUT2D eigenvalue weighted by Gasteiger charge is -2.16. The fraction of sp³-hybridized carbons (Fsp3) is 0.417. The summed E-state index contributed by atoms with van der Waals surface area (Å²) < 4.78 is 12.9. The molecule has 0 aliphatic carbocycles. The van der Waals surface area contributed by atoms with Gasteiger partial charge in [-0.1, -0.05) is 6.07 Å². The topological polar surface area (TPSA) is 67.1 Å². The van der Waals surface area contributed by atoms with Crippen LogP contribution in [0.2, 0.25) is 0 Å². The molecule has 2 amide bonds. The van der Waals surface area contributed by atoms with Crippen LogP contribution in [0.15, 0.2) is 24.3 Å². The predicted octanol–water partition coefficient (Wildman–Crippen LogP) is 2.07. The van der Waals surface area contributed by atoms with Crippen LogP contribution < -0.4 is 16.4 Å². The second-order valence-corrected chi connectivity index (χ2v) is 4.22. The van der Waals surface area contributed by atoms with Gasteiger partial charge in [-0.05, 0) is 38.5 Å². The molecule has 1 rings (SSSR count). The lowest BCUT2D eigenvalue weighted by molar-refractivity contribution is 0.248. The number of hydrogen-bond donors (Lipinski definition) is 3. The number of anilines is 1. The Kier molecular flexibility index (Phi) is 4.90. The van der Waals surface area contributed by atoms with E-state index in [9.17, 15) is 9.18 Å². The molecular weight excluding hydrogens is 221 g/mol. The van der Waals surface area contributed by atoms with Crippen molar-refractivity contribution >= 4 is 11.7 Å². The van der Waals surface area contributed by atoms with Gasteiger partial charge in [-0.15, -0.1) is 0 Å². The number of benzene rings is 1. The third kappa shape index (κ3) is 5.31. The van der Waals surface area contributed by atoms with Crippen LogP contribution in [0.3, 0.4) is 0 Å². The highest BCUT2D eigenvalue weighted by Gasteiger charge is 2.09. The molecule has 2 unspecified atom stereocenters. The minimum atomic E-state index is -0.383. The van der Waals surface area contributed by atoms with Crippen molar-refractivity contribution in [3.8, 4) is 0 Å². The number of carbonyl (C=O) groups excluding carboxylic acids is 1. The summed E-state index contributed by atoms with van der Waals surface area (Å²) >= 11 is 0. The first kappa shape index (κ1) is 13.4. The van der Waals surface area contributed by atoms with E-state index in [0.717, 1.165) is 0 Å². The maximum Gasteiger partial charge on any atom is 0.319 e. The highest BCUT2D eigenvalue weighted by molar-refractivity contribution is 5.89. The normalized spacial score (nSPS) is 13.9. The summed E-state index contributed by atoms with van der Waals surface area (Å²) in [6.07, 6.45) is 0.691. The minimum Gasteiger partial charge on any atom is -0.335 e. The van der Waals surface area contributed by atoms with Crippen LogP contribution in [-0.4, -0.2) is 18.1 Å². The molecular formula is C12H18FN3O. The molecule has 0 spiro atoms. The van der Waals surface area contributed by atoms with Crippen LogP contribution in [0.1, 0.15) is 20.3 Å². The lowest BCUT2D eigenvalue weighted by atomic mass is 10.1. The average molecular weight is 239 g/mol. The number of halogens is 1. The van der Waals surface area contributed by atoms with Gasteiger partial charge in [0.15, 0.2) is 0 Å². The highest BCUT2D eigenvalue weighted by Crippen LogP contribution is 2.08. The number of nitrogens with two attached hydrogens (primary N) is 1. The van der Waals surface area contributed by atoms with Crippen molar-refractivity contribution in [1.82, 2.24) is 5.32 Å². The molecule has 0 saturated carbocycles. The Balaban J connectivity index is 2.44. The summed E-state index contributed by atoms with van der Waals surface area (Å²) in [6, 6.07) is 5.39. The van der Waals surface area contributed by atoms with Crippen molar-refractivity contribution < 1.29 is 9.18 Å². The highest BCUT2D eigenvalue weighted by atomic mass is 19.1. The minimum absolute atomic E-state index is 0.0245. The fourth-order valence-corrected chi connectivity index (χ4v) is 1.57. The van der Waals surface area contributed by atoms with Crippen molar-refractivity contribution in [2.24, 2.45) is 5.73 Å². The molecule has 5 heteroatoms. The maximum absolute atomic E-state index is 12.9. The second-order valence-electron chi connectivity index (χ2n) is 4.22. The van der Waals surface area contributed by atoms with E-state index < -0.39 is 0 Å². The molecule has 0 aliphatic rings. The van der Waals surface area contributed by atoms with Crippen LogP contribution in [0.25, 0.3) is 0 Å². The molecule has 4 nitrogen and oxygen atoms in total. The molecule has 1 aromatic carbocycles. The molecule has 94 valence electrons. The molecule has 0 saturated heterocycles. The maximum atomic E-state index is 12.9. The molecule has 4 N–H and O–H groups in total. The van der Waals surface area contributed by atoms with Gasteiger partial charge < -0.3 is 16.4 Å². The Morgan fingerprint density at radius 2 is 2.18 bits per heavy atom. The number of amides is 2. The molecule has 0 aliphatic heterocycles. The monoisotopic (exact) mass is 239 g/mol. The van der Waals surface area contributed by atoms with E-state index in [0.29, 0.717) is 12.1 Å². The zero-order chi connectivity index (χ0) is 12.8. The van der Waals surface area contributed by atoms with Crippen molar-refractivity contribution in [3.63, 3.8) is 0 Å². The largest absolute Gasteiger partial charge is 0.335 e. The van der Waals surface area contributed by atoms with Crippen LogP contribution >= 0.6 is 0 Å². The number of carbonyl (C=O) groups is 1. The van der Waals surface area contributed by atoms with E-state index in [2.05, 4.69) is 10.6 Å². The van der Waals surface area contributed by atoms with Gasteiger partial charge in [0, 0.05) is 17.8 Å². The number of urea groups is 1. The van der Waals surface area contributed by atoms with Gasteiger partial charge in [0.05, 0.1) is 0 Å². The first-order valence-electron chi connectivity index (χ1n) is 5.56. The average Bonchev–Trinajstić information content (AvgIpc) is 2.14. The van der Waals surface area contributed by atoms with E-state index in [4.69, 9.17) is 5.73 Å². The molecule has 2 atom stereocenters. The predicted molar refractivity (Wildman–Crippen MR) is 66.3 cm³/mol. The van der Waals surface area contributed by atoms with Crippen LogP contribution in [0.4, 0.5) is 14.9 Å². The van der Waals surface area contributed by atoms with Gasteiger partial charge in [0.1, 0.15) is 5.82 Å². The SMILES string of the molecule is CC(N)CC(C)NC(=O)Nc1cccc(F)c1.